The maximum absolute atomic E-state index is 12.8. The molecule has 0 aliphatic heterocycles. The average molecular weight is 1080 g/mol. The molecule has 442 valence electrons. The predicted molar refractivity (Wildman–Crippen MR) is 339 cm³/mol. The summed E-state index contributed by atoms with van der Waals surface area (Å²) < 4.78 is 16.8. The van der Waals surface area contributed by atoms with Gasteiger partial charge in [-0.05, 0) is 109 Å². The van der Waals surface area contributed by atoms with E-state index in [1.165, 1.54) is 122 Å². The summed E-state index contributed by atoms with van der Waals surface area (Å²) in [6, 6.07) is 0. The minimum atomic E-state index is -0.841. The van der Waals surface area contributed by atoms with E-state index in [1.807, 2.05) is 6.08 Å². The predicted octanol–water partition coefficient (Wildman–Crippen LogP) is 22.2. The molecule has 0 aromatic heterocycles. The van der Waals surface area contributed by atoms with Crippen molar-refractivity contribution in [1.29, 1.82) is 0 Å². The fourth-order valence-corrected chi connectivity index (χ4v) is 8.64. The van der Waals surface area contributed by atoms with Crippen LogP contribution in [-0.2, 0) is 28.6 Å². The third-order valence-corrected chi connectivity index (χ3v) is 13.4. The minimum Gasteiger partial charge on any atom is -0.462 e. The Bertz CT molecular complexity index is 1670. The third kappa shape index (κ3) is 62.4. The number of esters is 3. The third-order valence-electron chi connectivity index (χ3n) is 13.4. The van der Waals surface area contributed by atoms with Gasteiger partial charge in [0.25, 0.3) is 0 Å². The topological polar surface area (TPSA) is 78.9 Å². The van der Waals surface area contributed by atoms with Gasteiger partial charge in [-0.3, -0.25) is 14.4 Å². The molecule has 0 aliphatic rings. The lowest BCUT2D eigenvalue weighted by atomic mass is 10.0. The van der Waals surface area contributed by atoms with E-state index in [2.05, 4.69) is 142 Å². The number of hydrogen-bond acceptors (Lipinski definition) is 6. The summed E-state index contributed by atoms with van der Waals surface area (Å²) in [6.45, 7) is 6.29. The second-order valence-electron chi connectivity index (χ2n) is 20.9. The molecular formula is C72H118O6. The highest BCUT2D eigenvalue weighted by Crippen LogP contribution is 2.16. The molecule has 0 fully saturated rings. The Morgan fingerprint density at radius 3 is 0.846 bits per heavy atom. The molecule has 0 aromatic rings. The van der Waals surface area contributed by atoms with E-state index in [1.54, 1.807) is 6.08 Å². The van der Waals surface area contributed by atoms with Crippen LogP contribution in [0.5, 0.6) is 0 Å². The molecule has 0 heterocycles. The summed E-state index contributed by atoms with van der Waals surface area (Å²) in [5.41, 5.74) is 0. The molecule has 1 atom stereocenters. The first-order valence-electron chi connectivity index (χ1n) is 32.2. The van der Waals surface area contributed by atoms with E-state index >= 15 is 0 Å². The zero-order valence-electron chi connectivity index (χ0n) is 50.6. The largest absolute Gasteiger partial charge is 0.462 e. The van der Waals surface area contributed by atoms with Gasteiger partial charge in [-0.25, -0.2) is 0 Å². The standard InChI is InChI=1S/C72H118O6/c1-4-7-10-13-16-19-22-25-28-29-30-31-32-33-34-35-36-37-38-39-40-41-42-43-45-47-50-53-56-59-62-65-71(74)77-68-69(67-76-70(73)64-61-58-55-52-49-46-27-24-21-18-15-12-9-6-3)78-72(75)66-63-60-57-54-51-48-44-26-23-20-17-14-11-8-5-2/h7-8,10-11,15-20,24-28,30-31,44,51,54,60,63,69H,4-6,9,12-14,21-23,29,32-43,45-50,52-53,55-59,61-62,64-68H2,1-3H3/b10-7-,11-8-,18-15-,19-16-,20-17-,27-24-,28-25-,31-30-,44-26-,54-51-,63-60-. The SMILES string of the molecule is CC/C=C\C/C=C\C/C=C\C/C=C\C/C=C\CC(=O)OC(COC(=O)CCCCCCC/C=C\C/C=C\CCCC)COC(=O)CCCCCCCCCCCCCCCCCCCC/C=C\C/C=C\C/C=C\C/C=C\CC. The van der Waals surface area contributed by atoms with Crippen molar-refractivity contribution in [1.82, 2.24) is 0 Å². The lowest BCUT2D eigenvalue weighted by Gasteiger charge is -2.18. The molecular weight excluding hydrogens is 961 g/mol. The molecule has 0 radical (unpaired) electrons. The van der Waals surface area contributed by atoms with Crippen LogP contribution in [0.4, 0.5) is 0 Å². The van der Waals surface area contributed by atoms with Gasteiger partial charge in [0.05, 0.1) is 6.42 Å². The Morgan fingerprint density at radius 2 is 0.538 bits per heavy atom. The van der Waals surface area contributed by atoms with E-state index < -0.39 is 12.1 Å². The minimum absolute atomic E-state index is 0.0909. The van der Waals surface area contributed by atoms with Crippen molar-refractivity contribution in [3.05, 3.63) is 134 Å². The van der Waals surface area contributed by atoms with Crippen LogP contribution in [0, 0.1) is 0 Å². The van der Waals surface area contributed by atoms with Crippen LogP contribution in [0.25, 0.3) is 0 Å². The molecule has 0 amide bonds. The van der Waals surface area contributed by atoms with Crippen LogP contribution in [-0.4, -0.2) is 37.2 Å². The Kier molecular flexibility index (Phi) is 61.4. The van der Waals surface area contributed by atoms with Crippen molar-refractivity contribution in [3.63, 3.8) is 0 Å². The zero-order valence-corrected chi connectivity index (χ0v) is 50.6. The van der Waals surface area contributed by atoms with Crippen molar-refractivity contribution in [2.75, 3.05) is 13.2 Å². The molecule has 0 bridgehead atoms. The highest BCUT2D eigenvalue weighted by atomic mass is 16.6. The van der Waals surface area contributed by atoms with E-state index in [4.69, 9.17) is 14.2 Å². The first-order chi connectivity index (χ1) is 38.5. The number of hydrogen-bond donors (Lipinski definition) is 0. The number of unbranched alkanes of at least 4 members (excludes halogenated alkanes) is 25. The smallest absolute Gasteiger partial charge is 0.310 e. The monoisotopic (exact) mass is 1080 g/mol. The van der Waals surface area contributed by atoms with Gasteiger partial charge in [-0.15, -0.1) is 0 Å². The van der Waals surface area contributed by atoms with Crippen LogP contribution in [0.15, 0.2) is 134 Å². The molecule has 0 saturated carbocycles. The Morgan fingerprint density at radius 1 is 0.282 bits per heavy atom. The van der Waals surface area contributed by atoms with Crippen molar-refractivity contribution >= 4 is 17.9 Å². The molecule has 1 unspecified atom stereocenters. The van der Waals surface area contributed by atoms with E-state index in [0.29, 0.717) is 19.3 Å². The molecule has 6 heteroatoms. The summed E-state index contributed by atoms with van der Waals surface area (Å²) >= 11 is 0. The van der Waals surface area contributed by atoms with Crippen LogP contribution in [0.2, 0.25) is 0 Å². The van der Waals surface area contributed by atoms with Crippen molar-refractivity contribution in [3.8, 4) is 0 Å². The fraction of sp³-hybridized carbons (Fsp3) is 0.653. The summed E-state index contributed by atoms with van der Waals surface area (Å²) in [6.07, 6.45) is 92.2. The fourth-order valence-electron chi connectivity index (χ4n) is 8.64. The van der Waals surface area contributed by atoms with Gasteiger partial charge in [-0.2, -0.15) is 0 Å². The molecule has 0 aliphatic carbocycles. The Balaban J connectivity index is 4.27. The number of allylic oxidation sites excluding steroid dienone is 21. The van der Waals surface area contributed by atoms with Gasteiger partial charge in [0, 0.05) is 12.8 Å². The van der Waals surface area contributed by atoms with Gasteiger partial charge >= 0.3 is 17.9 Å². The lowest BCUT2D eigenvalue weighted by Crippen LogP contribution is -2.30. The second-order valence-corrected chi connectivity index (χ2v) is 20.9. The molecule has 0 saturated heterocycles. The number of ether oxygens (including phenoxy) is 3. The van der Waals surface area contributed by atoms with Crippen molar-refractivity contribution in [2.45, 2.75) is 290 Å². The molecule has 0 spiro atoms. The van der Waals surface area contributed by atoms with Crippen LogP contribution < -0.4 is 0 Å². The van der Waals surface area contributed by atoms with Gasteiger partial charge in [0.1, 0.15) is 13.2 Å². The summed E-state index contributed by atoms with van der Waals surface area (Å²) in [7, 11) is 0. The van der Waals surface area contributed by atoms with Gasteiger partial charge in [-0.1, -0.05) is 289 Å². The average Bonchev–Trinajstić information content (AvgIpc) is 3.44. The van der Waals surface area contributed by atoms with Crippen molar-refractivity contribution in [2.24, 2.45) is 0 Å². The number of rotatable bonds is 57. The summed E-state index contributed by atoms with van der Waals surface area (Å²) in [5.74, 6) is -1.06. The van der Waals surface area contributed by atoms with Crippen LogP contribution >= 0.6 is 0 Å². The highest BCUT2D eigenvalue weighted by Gasteiger charge is 2.19. The molecule has 0 aromatic carbocycles. The first-order valence-corrected chi connectivity index (χ1v) is 32.2. The first kappa shape index (κ1) is 73.5. The summed E-state index contributed by atoms with van der Waals surface area (Å²) in [5, 5.41) is 0. The maximum Gasteiger partial charge on any atom is 0.310 e. The summed E-state index contributed by atoms with van der Waals surface area (Å²) in [4.78, 5) is 38.2. The second kappa shape index (κ2) is 65.1. The lowest BCUT2D eigenvalue weighted by molar-refractivity contribution is -0.166. The van der Waals surface area contributed by atoms with E-state index in [9.17, 15) is 14.4 Å². The molecule has 0 N–H and O–H groups in total. The van der Waals surface area contributed by atoms with Crippen LogP contribution in [0.3, 0.4) is 0 Å². The van der Waals surface area contributed by atoms with Crippen LogP contribution in [0.1, 0.15) is 284 Å². The van der Waals surface area contributed by atoms with Gasteiger partial charge < -0.3 is 14.2 Å². The quantitative estimate of drug-likeness (QED) is 0.0261. The highest BCUT2D eigenvalue weighted by molar-refractivity contribution is 5.72. The van der Waals surface area contributed by atoms with Gasteiger partial charge in [0.15, 0.2) is 6.10 Å². The Hall–Kier alpha value is -4.45. The van der Waals surface area contributed by atoms with E-state index in [0.717, 1.165) is 116 Å². The normalized spacial score (nSPS) is 13.0. The molecule has 6 nitrogen and oxygen atoms in total. The van der Waals surface area contributed by atoms with E-state index in [-0.39, 0.29) is 31.6 Å². The molecule has 0 rings (SSSR count). The maximum atomic E-state index is 12.8. The molecule has 78 heavy (non-hydrogen) atoms. The Labute approximate surface area is 481 Å². The van der Waals surface area contributed by atoms with Gasteiger partial charge in [0.2, 0.25) is 0 Å². The zero-order chi connectivity index (χ0) is 56.4. The number of carbonyl (C=O) groups excluding carboxylic acids is 3. The van der Waals surface area contributed by atoms with Crippen molar-refractivity contribution < 1.29 is 28.6 Å². The number of carbonyl (C=O) groups is 3.